The number of carbonyl (C=O) groups excluding carboxylic acids is 1. The first kappa shape index (κ1) is 15.2. The van der Waals surface area contributed by atoms with Gasteiger partial charge in [-0.15, -0.1) is 0 Å². The molecule has 1 rings (SSSR count). The summed E-state index contributed by atoms with van der Waals surface area (Å²) in [6.45, 7) is 4.96. The molecular weight excluding hydrogens is 252 g/mol. The van der Waals surface area contributed by atoms with Crippen molar-refractivity contribution in [3.05, 3.63) is 11.6 Å². The standard InChI is InChI=1S/C12H22N2O3S/c1-4-6-10(2)12(15)14-8-5-7-11(9-14)13-18(3,16)17/h6,11,13H,4-5,7-9H2,1-3H3/b10-6-/t11-/m1/s1. The first-order valence-electron chi connectivity index (χ1n) is 6.27. The van der Waals surface area contributed by atoms with Crippen molar-refractivity contribution in [1.29, 1.82) is 0 Å². The topological polar surface area (TPSA) is 66.5 Å². The van der Waals surface area contributed by atoms with E-state index < -0.39 is 10.0 Å². The second-order valence-electron chi connectivity index (χ2n) is 4.78. The Balaban J connectivity index is 2.64. The maximum Gasteiger partial charge on any atom is 0.249 e. The monoisotopic (exact) mass is 274 g/mol. The van der Waals surface area contributed by atoms with Crippen molar-refractivity contribution in [3.8, 4) is 0 Å². The fraction of sp³-hybridized carbons (Fsp3) is 0.750. The van der Waals surface area contributed by atoms with Crippen LogP contribution in [-0.2, 0) is 14.8 Å². The van der Waals surface area contributed by atoms with Crippen LogP contribution in [0.3, 0.4) is 0 Å². The highest BCUT2D eigenvalue weighted by molar-refractivity contribution is 7.88. The van der Waals surface area contributed by atoms with Crippen molar-refractivity contribution in [2.45, 2.75) is 39.2 Å². The Labute approximate surface area is 109 Å². The van der Waals surface area contributed by atoms with Gasteiger partial charge in [0.2, 0.25) is 15.9 Å². The SMILES string of the molecule is CC/C=C(/C)C(=O)N1CCC[C@@H](NS(C)(=O)=O)C1. The smallest absolute Gasteiger partial charge is 0.249 e. The summed E-state index contributed by atoms with van der Waals surface area (Å²) in [5.74, 6) is 0.0110. The average molecular weight is 274 g/mol. The van der Waals surface area contributed by atoms with E-state index in [2.05, 4.69) is 4.72 Å². The van der Waals surface area contributed by atoms with Crippen molar-refractivity contribution < 1.29 is 13.2 Å². The van der Waals surface area contributed by atoms with Crippen molar-refractivity contribution in [2.75, 3.05) is 19.3 Å². The van der Waals surface area contributed by atoms with Crippen molar-refractivity contribution in [1.82, 2.24) is 9.62 Å². The highest BCUT2D eigenvalue weighted by Crippen LogP contribution is 2.13. The van der Waals surface area contributed by atoms with Crippen LogP contribution >= 0.6 is 0 Å². The molecule has 0 aliphatic carbocycles. The van der Waals surface area contributed by atoms with Crippen LogP contribution in [0.4, 0.5) is 0 Å². The van der Waals surface area contributed by atoms with E-state index in [0.29, 0.717) is 13.1 Å². The Kier molecular flexibility index (Phi) is 5.34. The van der Waals surface area contributed by atoms with E-state index in [9.17, 15) is 13.2 Å². The van der Waals surface area contributed by atoms with Crippen molar-refractivity contribution >= 4 is 15.9 Å². The zero-order valence-corrected chi connectivity index (χ0v) is 12.1. The second kappa shape index (κ2) is 6.33. The summed E-state index contributed by atoms with van der Waals surface area (Å²) in [6.07, 6.45) is 5.49. The van der Waals surface area contributed by atoms with Gasteiger partial charge in [-0.3, -0.25) is 4.79 Å². The summed E-state index contributed by atoms with van der Waals surface area (Å²) in [5, 5.41) is 0. The second-order valence-corrected chi connectivity index (χ2v) is 6.56. The molecule has 1 atom stereocenters. The van der Waals surface area contributed by atoms with Gasteiger partial charge < -0.3 is 4.90 Å². The number of likely N-dealkylation sites (tertiary alicyclic amines) is 1. The van der Waals surface area contributed by atoms with Gasteiger partial charge in [0.1, 0.15) is 0 Å². The van der Waals surface area contributed by atoms with Gasteiger partial charge in [-0.25, -0.2) is 13.1 Å². The van der Waals surface area contributed by atoms with Crippen LogP contribution in [-0.4, -0.2) is 44.6 Å². The van der Waals surface area contributed by atoms with Gasteiger partial charge in [-0.2, -0.15) is 0 Å². The lowest BCUT2D eigenvalue weighted by Crippen LogP contribution is -2.49. The van der Waals surface area contributed by atoms with E-state index >= 15 is 0 Å². The molecule has 104 valence electrons. The van der Waals surface area contributed by atoms with Gasteiger partial charge in [0.05, 0.1) is 6.26 Å². The minimum absolute atomic E-state index is 0.0110. The summed E-state index contributed by atoms with van der Waals surface area (Å²) in [5.41, 5.74) is 0.734. The number of rotatable bonds is 4. The van der Waals surface area contributed by atoms with Gasteiger partial charge >= 0.3 is 0 Å². The number of hydrogen-bond donors (Lipinski definition) is 1. The molecule has 6 heteroatoms. The molecule has 5 nitrogen and oxygen atoms in total. The molecule has 0 saturated carbocycles. The Morgan fingerprint density at radius 1 is 1.50 bits per heavy atom. The third-order valence-corrected chi connectivity index (χ3v) is 3.70. The van der Waals surface area contributed by atoms with E-state index in [0.717, 1.165) is 31.1 Å². The number of piperidine rings is 1. The van der Waals surface area contributed by atoms with Gasteiger partial charge in [-0.1, -0.05) is 13.0 Å². The molecule has 18 heavy (non-hydrogen) atoms. The molecule has 1 saturated heterocycles. The lowest BCUT2D eigenvalue weighted by molar-refractivity contribution is -0.128. The lowest BCUT2D eigenvalue weighted by Gasteiger charge is -2.33. The Morgan fingerprint density at radius 3 is 2.72 bits per heavy atom. The first-order valence-corrected chi connectivity index (χ1v) is 8.16. The van der Waals surface area contributed by atoms with Crippen LogP contribution < -0.4 is 4.72 Å². The largest absolute Gasteiger partial charge is 0.337 e. The van der Waals surface area contributed by atoms with E-state index in [1.807, 2.05) is 13.0 Å². The van der Waals surface area contributed by atoms with Crippen molar-refractivity contribution in [2.24, 2.45) is 0 Å². The summed E-state index contributed by atoms with van der Waals surface area (Å²) >= 11 is 0. The summed E-state index contributed by atoms with van der Waals surface area (Å²) in [7, 11) is -3.21. The van der Waals surface area contributed by atoms with Crippen LogP contribution in [0.5, 0.6) is 0 Å². The van der Waals surface area contributed by atoms with Crippen LogP contribution in [0.2, 0.25) is 0 Å². The minimum Gasteiger partial charge on any atom is -0.337 e. The molecule has 1 amide bonds. The molecule has 0 aromatic carbocycles. The number of amides is 1. The first-order chi connectivity index (χ1) is 8.33. The molecule has 1 fully saturated rings. The van der Waals surface area contributed by atoms with Crippen LogP contribution in [0.1, 0.15) is 33.1 Å². The predicted molar refractivity (Wildman–Crippen MR) is 71.6 cm³/mol. The highest BCUT2D eigenvalue weighted by Gasteiger charge is 2.25. The number of allylic oxidation sites excluding steroid dienone is 1. The Hall–Kier alpha value is -0.880. The number of nitrogens with zero attached hydrogens (tertiary/aromatic N) is 1. The summed E-state index contributed by atoms with van der Waals surface area (Å²) in [4.78, 5) is 13.8. The normalized spacial score (nSPS) is 22.1. The third kappa shape index (κ3) is 4.78. The molecule has 1 aliphatic heterocycles. The van der Waals surface area contributed by atoms with E-state index in [4.69, 9.17) is 0 Å². The molecule has 1 N–H and O–H groups in total. The van der Waals surface area contributed by atoms with Gasteiger partial charge in [0.25, 0.3) is 0 Å². The van der Waals surface area contributed by atoms with Gasteiger partial charge in [0, 0.05) is 24.7 Å². The van der Waals surface area contributed by atoms with Gasteiger partial charge in [0.15, 0.2) is 0 Å². The van der Waals surface area contributed by atoms with Crippen molar-refractivity contribution in [3.63, 3.8) is 0 Å². The Bertz CT molecular complexity index is 429. The number of nitrogens with one attached hydrogen (secondary N) is 1. The molecule has 0 radical (unpaired) electrons. The molecule has 1 heterocycles. The quantitative estimate of drug-likeness (QED) is 0.774. The van der Waals surface area contributed by atoms with E-state index in [1.54, 1.807) is 11.8 Å². The minimum atomic E-state index is -3.21. The number of sulfonamides is 1. The summed E-state index contributed by atoms with van der Waals surface area (Å²) < 4.78 is 24.9. The molecule has 0 aromatic rings. The highest BCUT2D eigenvalue weighted by atomic mass is 32.2. The Morgan fingerprint density at radius 2 is 2.17 bits per heavy atom. The molecule has 1 aliphatic rings. The van der Waals surface area contributed by atoms with E-state index in [-0.39, 0.29) is 11.9 Å². The fourth-order valence-corrected chi connectivity index (χ4v) is 3.00. The average Bonchev–Trinajstić information content (AvgIpc) is 2.26. The zero-order valence-electron chi connectivity index (χ0n) is 11.3. The molecular formula is C12H22N2O3S. The molecule has 0 bridgehead atoms. The fourth-order valence-electron chi connectivity index (χ4n) is 2.20. The third-order valence-electron chi connectivity index (χ3n) is 2.94. The predicted octanol–water partition coefficient (Wildman–Crippen LogP) is 0.883. The maximum atomic E-state index is 12.1. The van der Waals surface area contributed by atoms with Crippen LogP contribution in [0.15, 0.2) is 11.6 Å². The molecule has 0 unspecified atom stereocenters. The van der Waals surface area contributed by atoms with E-state index in [1.165, 1.54) is 0 Å². The summed E-state index contributed by atoms with van der Waals surface area (Å²) in [6, 6.07) is -0.160. The number of carbonyl (C=O) groups is 1. The van der Waals surface area contributed by atoms with Crippen LogP contribution in [0, 0.1) is 0 Å². The number of hydrogen-bond acceptors (Lipinski definition) is 3. The zero-order chi connectivity index (χ0) is 13.8. The molecule has 0 spiro atoms. The van der Waals surface area contributed by atoms with Crippen LogP contribution in [0.25, 0.3) is 0 Å². The lowest BCUT2D eigenvalue weighted by atomic mass is 10.1. The maximum absolute atomic E-state index is 12.1. The van der Waals surface area contributed by atoms with Gasteiger partial charge in [-0.05, 0) is 26.2 Å². The molecule has 0 aromatic heterocycles.